The van der Waals surface area contributed by atoms with E-state index >= 15 is 0 Å². The van der Waals surface area contributed by atoms with Crippen LogP contribution in [0.1, 0.15) is 28.4 Å². The molecule has 4 aromatic rings. The van der Waals surface area contributed by atoms with Gasteiger partial charge in [0.05, 0.1) is 23.4 Å². The Bertz CT molecular complexity index is 1350. The maximum Gasteiger partial charge on any atom is 0.490 e. The third-order valence-electron chi connectivity index (χ3n) is 6.23. The number of carbonyl (C=O) groups is 1. The van der Waals surface area contributed by atoms with Crippen molar-refractivity contribution in [3.63, 3.8) is 0 Å². The Morgan fingerprint density at radius 1 is 1.15 bits per heavy atom. The van der Waals surface area contributed by atoms with Crippen LogP contribution in [-0.4, -0.2) is 28.2 Å². The second-order valence-electron chi connectivity index (χ2n) is 8.50. The average Bonchev–Trinajstić information content (AvgIpc) is 3.41. The highest BCUT2D eigenvalue weighted by Crippen LogP contribution is 2.36. The number of fused-ring (bicyclic) bond motifs is 2. The molecular weight excluding hydrogens is 443 g/mol. The minimum Gasteiger partial charge on any atom is -0.449 e. The van der Waals surface area contributed by atoms with Crippen molar-refractivity contribution < 1.29 is 22.7 Å². The van der Waals surface area contributed by atoms with E-state index in [-0.39, 0.29) is 0 Å². The number of nitrogens with zero attached hydrogens (tertiary/aromatic N) is 1. The van der Waals surface area contributed by atoms with E-state index in [1.165, 1.54) is 0 Å². The number of alkyl halides is 3. The van der Waals surface area contributed by atoms with E-state index in [0.717, 1.165) is 38.9 Å². The number of benzene rings is 3. The van der Waals surface area contributed by atoms with Gasteiger partial charge in [-0.3, -0.25) is 0 Å². The summed E-state index contributed by atoms with van der Waals surface area (Å²) in [6.07, 6.45) is -3.88. The predicted octanol–water partition coefficient (Wildman–Crippen LogP) is 5.40. The van der Waals surface area contributed by atoms with E-state index in [4.69, 9.17) is 4.74 Å². The highest BCUT2D eigenvalue weighted by Gasteiger charge is 2.45. The summed E-state index contributed by atoms with van der Waals surface area (Å²) in [5.74, 6) is -2.17. The summed E-state index contributed by atoms with van der Waals surface area (Å²) in [7, 11) is 0. The summed E-state index contributed by atoms with van der Waals surface area (Å²) in [6.45, 7) is 2.47. The molecule has 1 heterocycles. The Labute approximate surface area is 194 Å². The molecule has 5 nitrogen and oxygen atoms in total. The highest BCUT2D eigenvalue weighted by molar-refractivity contribution is 5.83. The van der Waals surface area contributed by atoms with Crippen LogP contribution >= 0.6 is 0 Å². The number of halogens is 3. The van der Waals surface area contributed by atoms with Crippen molar-refractivity contribution in [1.82, 2.24) is 15.3 Å². The normalized spacial score (nSPS) is 17.6. The quantitative estimate of drug-likeness (QED) is 0.388. The van der Waals surface area contributed by atoms with E-state index in [1.54, 1.807) is 18.5 Å². The van der Waals surface area contributed by atoms with E-state index < -0.39 is 24.3 Å². The monoisotopic (exact) mass is 465 g/mol. The van der Waals surface area contributed by atoms with Crippen LogP contribution in [0.3, 0.4) is 0 Å². The van der Waals surface area contributed by atoms with Crippen molar-refractivity contribution in [1.29, 1.82) is 0 Å². The van der Waals surface area contributed by atoms with Crippen molar-refractivity contribution in [3.05, 3.63) is 89.2 Å². The molecular formula is C26H22F3N3O2. The molecule has 0 fully saturated rings. The Hall–Kier alpha value is -3.65. The van der Waals surface area contributed by atoms with Crippen molar-refractivity contribution in [2.45, 2.75) is 38.2 Å². The Kier molecular flexibility index (Phi) is 5.61. The zero-order valence-corrected chi connectivity index (χ0v) is 18.3. The van der Waals surface area contributed by atoms with Crippen molar-refractivity contribution >= 4 is 17.0 Å². The fourth-order valence-electron chi connectivity index (χ4n) is 4.51. The summed E-state index contributed by atoms with van der Waals surface area (Å²) in [5.41, 5.74) is 7.61. The number of carbonyl (C=O) groups excluding carboxylic acids is 1. The zero-order chi connectivity index (χ0) is 23.9. The lowest BCUT2D eigenvalue weighted by Crippen LogP contribution is -2.37. The number of nitrogens with one attached hydrogen (secondary N) is 2. The molecule has 1 aromatic heterocycles. The molecule has 0 spiro atoms. The molecule has 2 unspecified atom stereocenters. The molecule has 2 N–H and O–H groups in total. The lowest BCUT2D eigenvalue weighted by Gasteiger charge is -2.23. The number of hydrogen-bond acceptors (Lipinski definition) is 4. The van der Waals surface area contributed by atoms with Crippen molar-refractivity contribution in [2.75, 3.05) is 0 Å². The minimum atomic E-state index is -5.03. The van der Waals surface area contributed by atoms with Crippen LogP contribution in [0, 0.1) is 6.92 Å². The van der Waals surface area contributed by atoms with Gasteiger partial charge in [0.2, 0.25) is 0 Å². The average molecular weight is 465 g/mol. The topological polar surface area (TPSA) is 67.0 Å². The first kappa shape index (κ1) is 22.2. The minimum absolute atomic E-state index is 0.428. The van der Waals surface area contributed by atoms with Crippen LogP contribution in [0.15, 0.2) is 67.0 Å². The first-order chi connectivity index (χ1) is 16.3. The molecule has 0 bridgehead atoms. The van der Waals surface area contributed by atoms with E-state index in [2.05, 4.69) is 21.4 Å². The second kappa shape index (κ2) is 8.61. The van der Waals surface area contributed by atoms with Gasteiger partial charge in [-0.15, -0.1) is 0 Å². The SMILES string of the molecule is Cc1cc2nc[nH]c2cc1-c1ccc(CNC2Cc3ccccc3C2OC(=O)C(F)(F)F)cc1. The summed E-state index contributed by atoms with van der Waals surface area (Å²) in [4.78, 5) is 18.9. The van der Waals surface area contributed by atoms with Gasteiger partial charge < -0.3 is 15.0 Å². The lowest BCUT2D eigenvalue weighted by atomic mass is 9.98. The van der Waals surface area contributed by atoms with E-state index in [0.29, 0.717) is 18.5 Å². The molecule has 0 aliphatic heterocycles. The molecule has 0 saturated carbocycles. The number of imidazole rings is 1. The number of aryl methyl sites for hydroxylation is 1. The number of hydrogen-bond donors (Lipinski definition) is 2. The first-order valence-corrected chi connectivity index (χ1v) is 10.9. The van der Waals surface area contributed by atoms with Gasteiger partial charge >= 0.3 is 12.1 Å². The number of rotatable bonds is 5. The van der Waals surface area contributed by atoms with Gasteiger partial charge in [0, 0.05) is 6.54 Å². The number of esters is 1. The largest absolute Gasteiger partial charge is 0.490 e. The third kappa shape index (κ3) is 4.28. The van der Waals surface area contributed by atoms with Gasteiger partial charge in [-0.05, 0) is 58.9 Å². The molecule has 1 aliphatic carbocycles. The van der Waals surface area contributed by atoms with Gasteiger partial charge in [0.15, 0.2) is 0 Å². The molecule has 8 heteroatoms. The molecule has 0 amide bonds. The standard InChI is InChI=1S/C26H22F3N3O2/c1-15-10-21-22(32-14-31-21)12-20(15)17-8-6-16(7-9-17)13-30-23-11-18-4-2-3-5-19(18)24(23)34-25(33)26(27,28)29/h2-10,12,14,23-24,30H,11,13H2,1H3,(H,31,32). The van der Waals surface area contributed by atoms with Crippen LogP contribution in [-0.2, 0) is 22.5 Å². The van der Waals surface area contributed by atoms with Gasteiger partial charge in [0.25, 0.3) is 0 Å². The van der Waals surface area contributed by atoms with E-state index in [1.807, 2.05) is 49.4 Å². The fraction of sp³-hybridized carbons (Fsp3) is 0.231. The summed E-state index contributed by atoms with van der Waals surface area (Å²) in [5, 5.41) is 3.29. The zero-order valence-electron chi connectivity index (χ0n) is 18.3. The first-order valence-electron chi connectivity index (χ1n) is 10.9. The molecule has 0 radical (unpaired) electrons. The summed E-state index contributed by atoms with van der Waals surface area (Å²) < 4.78 is 43.4. The van der Waals surface area contributed by atoms with Gasteiger partial charge in [-0.2, -0.15) is 13.2 Å². The molecule has 1 aliphatic rings. The summed E-state index contributed by atoms with van der Waals surface area (Å²) in [6, 6.07) is 18.8. The van der Waals surface area contributed by atoms with Gasteiger partial charge in [0.1, 0.15) is 6.10 Å². The van der Waals surface area contributed by atoms with E-state index in [9.17, 15) is 18.0 Å². The predicted molar refractivity (Wildman–Crippen MR) is 122 cm³/mol. The maximum atomic E-state index is 12.8. The Morgan fingerprint density at radius 2 is 1.91 bits per heavy atom. The fourth-order valence-corrected chi connectivity index (χ4v) is 4.51. The number of H-pyrrole nitrogens is 1. The van der Waals surface area contributed by atoms with Crippen LogP contribution < -0.4 is 5.32 Å². The highest BCUT2D eigenvalue weighted by atomic mass is 19.4. The molecule has 3 aromatic carbocycles. The third-order valence-corrected chi connectivity index (χ3v) is 6.23. The molecule has 5 rings (SSSR count). The number of aromatic nitrogens is 2. The molecule has 2 atom stereocenters. The van der Waals surface area contributed by atoms with Crippen molar-refractivity contribution in [3.8, 4) is 11.1 Å². The van der Waals surface area contributed by atoms with Gasteiger partial charge in [-0.25, -0.2) is 9.78 Å². The van der Waals surface area contributed by atoms with Crippen LogP contribution in [0.5, 0.6) is 0 Å². The molecule has 174 valence electrons. The van der Waals surface area contributed by atoms with Crippen LogP contribution in [0.2, 0.25) is 0 Å². The van der Waals surface area contributed by atoms with Crippen LogP contribution in [0.25, 0.3) is 22.2 Å². The summed E-state index contributed by atoms with van der Waals surface area (Å²) >= 11 is 0. The smallest absolute Gasteiger partial charge is 0.449 e. The van der Waals surface area contributed by atoms with Gasteiger partial charge in [-0.1, -0.05) is 48.5 Å². The lowest BCUT2D eigenvalue weighted by molar-refractivity contribution is -0.206. The second-order valence-corrected chi connectivity index (χ2v) is 8.50. The molecule has 34 heavy (non-hydrogen) atoms. The number of aromatic amines is 1. The molecule has 0 saturated heterocycles. The van der Waals surface area contributed by atoms with Crippen LogP contribution in [0.4, 0.5) is 13.2 Å². The number of ether oxygens (including phenoxy) is 1. The Balaban J connectivity index is 1.31. The van der Waals surface area contributed by atoms with Crippen molar-refractivity contribution in [2.24, 2.45) is 0 Å². The maximum absolute atomic E-state index is 12.8. The Morgan fingerprint density at radius 3 is 2.68 bits per heavy atom.